The molecule has 1 saturated carbocycles. The van der Waals surface area contributed by atoms with Gasteiger partial charge in [-0.1, -0.05) is 36.6 Å². The van der Waals surface area contributed by atoms with Crippen LogP contribution in [-0.4, -0.2) is 36.3 Å². The average molecular weight is 454 g/mol. The monoisotopic (exact) mass is 453 g/mol. The van der Waals surface area contributed by atoms with Crippen LogP contribution in [0.15, 0.2) is 48.5 Å². The van der Waals surface area contributed by atoms with E-state index in [9.17, 15) is 9.59 Å². The minimum Gasteiger partial charge on any atom is -0.356 e. The van der Waals surface area contributed by atoms with E-state index in [0.29, 0.717) is 16.5 Å². The fraction of sp³-hybridized carbons (Fsp3) is 0.462. The molecule has 6 heteroatoms. The lowest BCUT2D eigenvalue weighted by Gasteiger charge is -2.31. The van der Waals surface area contributed by atoms with Gasteiger partial charge in [-0.05, 0) is 86.7 Å². The molecule has 0 aromatic heterocycles. The number of amides is 2. The van der Waals surface area contributed by atoms with Crippen molar-refractivity contribution in [2.75, 3.05) is 25.0 Å². The molecule has 170 valence electrons. The molecule has 2 aliphatic rings. The Morgan fingerprint density at radius 1 is 0.969 bits per heavy atom. The van der Waals surface area contributed by atoms with Gasteiger partial charge in [0.25, 0.3) is 5.91 Å². The van der Waals surface area contributed by atoms with E-state index in [0.717, 1.165) is 50.3 Å². The van der Waals surface area contributed by atoms with Crippen molar-refractivity contribution in [1.29, 1.82) is 0 Å². The van der Waals surface area contributed by atoms with Crippen LogP contribution in [0.1, 0.15) is 54.4 Å². The summed E-state index contributed by atoms with van der Waals surface area (Å²) in [5, 5.41) is 6.77. The standard InChI is InChI=1S/C26H32ClN3O2/c27-23-10-8-21(9-11-23)26(32)29-24-7-3-6-20(16-24)18-30-14-12-22(13-15-30)25(31)28-17-19-4-1-2-5-19/h3,6-11,16,19,22H,1-2,4-5,12-15,17-18H2,(H,28,31)(H,29,32). The maximum absolute atomic E-state index is 12.5. The summed E-state index contributed by atoms with van der Waals surface area (Å²) in [6.07, 6.45) is 6.96. The first-order valence-electron chi connectivity index (χ1n) is 11.7. The number of rotatable bonds is 7. The zero-order valence-corrected chi connectivity index (χ0v) is 19.2. The molecular formula is C26H32ClN3O2. The van der Waals surface area contributed by atoms with E-state index in [-0.39, 0.29) is 17.7 Å². The Labute approximate surface area is 195 Å². The summed E-state index contributed by atoms with van der Waals surface area (Å²) in [6.45, 7) is 3.51. The van der Waals surface area contributed by atoms with Gasteiger partial charge in [0.15, 0.2) is 0 Å². The van der Waals surface area contributed by atoms with Gasteiger partial charge in [0, 0.05) is 35.3 Å². The van der Waals surface area contributed by atoms with Crippen LogP contribution in [0.5, 0.6) is 0 Å². The zero-order valence-electron chi connectivity index (χ0n) is 18.5. The Morgan fingerprint density at radius 3 is 2.41 bits per heavy atom. The van der Waals surface area contributed by atoms with Crippen molar-refractivity contribution in [3.63, 3.8) is 0 Å². The largest absolute Gasteiger partial charge is 0.356 e. The number of carbonyl (C=O) groups excluding carboxylic acids is 2. The summed E-state index contributed by atoms with van der Waals surface area (Å²) in [5.74, 6) is 0.913. The van der Waals surface area contributed by atoms with Crippen LogP contribution in [0.3, 0.4) is 0 Å². The molecule has 0 bridgehead atoms. The smallest absolute Gasteiger partial charge is 0.255 e. The van der Waals surface area contributed by atoms with Gasteiger partial charge in [-0.2, -0.15) is 0 Å². The number of likely N-dealkylation sites (tertiary alicyclic amines) is 1. The normalized spacial score (nSPS) is 17.9. The number of hydrogen-bond acceptors (Lipinski definition) is 3. The topological polar surface area (TPSA) is 61.4 Å². The van der Waals surface area contributed by atoms with Gasteiger partial charge in [0.05, 0.1) is 0 Å². The molecule has 0 unspecified atom stereocenters. The molecule has 2 aromatic rings. The Bertz CT molecular complexity index is 917. The van der Waals surface area contributed by atoms with E-state index in [1.807, 2.05) is 18.2 Å². The second-order valence-corrected chi connectivity index (χ2v) is 9.54. The van der Waals surface area contributed by atoms with E-state index in [1.165, 1.54) is 25.7 Å². The van der Waals surface area contributed by atoms with Crippen LogP contribution in [0.4, 0.5) is 5.69 Å². The predicted octanol–water partition coefficient (Wildman–Crippen LogP) is 5.11. The summed E-state index contributed by atoms with van der Waals surface area (Å²) in [4.78, 5) is 27.4. The molecule has 1 saturated heterocycles. The fourth-order valence-electron chi connectivity index (χ4n) is 4.77. The van der Waals surface area contributed by atoms with Gasteiger partial charge in [-0.3, -0.25) is 14.5 Å². The predicted molar refractivity (Wildman–Crippen MR) is 129 cm³/mol. The minimum atomic E-state index is -0.150. The number of carbonyl (C=O) groups is 2. The second-order valence-electron chi connectivity index (χ2n) is 9.11. The Balaban J connectivity index is 1.24. The lowest BCUT2D eigenvalue weighted by Crippen LogP contribution is -2.41. The molecule has 0 atom stereocenters. The molecule has 1 aliphatic heterocycles. The van der Waals surface area contributed by atoms with Gasteiger partial charge >= 0.3 is 0 Å². The van der Waals surface area contributed by atoms with E-state index in [1.54, 1.807) is 24.3 Å². The molecule has 0 radical (unpaired) electrons. The highest BCUT2D eigenvalue weighted by molar-refractivity contribution is 6.30. The minimum absolute atomic E-state index is 0.137. The third-order valence-corrected chi connectivity index (χ3v) is 6.95. The first-order chi connectivity index (χ1) is 15.6. The molecule has 2 fully saturated rings. The van der Waals surface area contributed by atoms with Gasteiger partial charge in [-0.15, -0.1) is 0 Å². The van der Waals surface area contributed by atoms with E-state index < -0.39 is 0 Å². The van der Waals surface area contributed by atoms with Crippen LogP contribution in [0.2, 0.25) is 5.02 Å². The molecule has 2 amide bonds. The molecule has 2 N–H and O–H groups in total. The highest BCUT2D eigenvalue weighted by Crippen LogP contribution is 2.25. The highest BCUT2D eigenvalue weighted by atomic mass is 35.5. The number of hydrogen-bond donors (Lipinski definition) is 2. The van der Waals surface area contributed by atoms with E-state index in [2.05, 4.69) is 21.6 Å². The SMILES string of the molecule is O=C(Nc1cccc(CN2CCC(C(=O)NCC3CCCC3)CC2)c1)c1ccc(Cl)cc1. The Morgan fingerprint density at radius 2 is 1.69 bits per heavy atom. The van der Waals surface area contributed by atoms with Crippen molar-refractivity contribution in [3.05, 3.63) is 64.7 Å². The third-order valence-electron chi connectivity index (χ3n) is 6.70. The van der Waals surface area contributed by atoms with Crippen molar-refractivity contribution in [1.82, 2.24) is 10.2 Å². The van der Waals surface area contributed by atoms with Crippen LogP contribution < -0.4 is 10.6 Å². The summed E-state index contributed by atoms with van der Waals surface area (Å²) < 4.78 is 0. The van der Waals surface area contributed by atoms with Gasteiger partial charge in [0.1, 0.15) is 0 Å². The van der Waals surface area contributed by atoms with Crippen molar-refractivity contribution < 1.29 is 9.59 Å². The Kier molecular flexibility index (Phi) is 7.82. The van der Waals surface area contributed by atoms with Gasteiger partial charge < -0.3 is 10.6 Å². The quantitative estimate of drug-likeness (QED) is 0.612. The number of anilines is 1. The number of benzene rings is 2. The maximum Gasteiger partial charge on any atom is 0.255 e. The number of nitrogens with zero attached hydrogens (tertiary/aromatic N) is 1. The molecule has 2 aromatic carbocycles. The molecule has 0 spiro atoms. The molecule has 1 aliphatic carbocycles. The fourth-order valence-corrected chi connectivity index (χ4v) is 4.89. The van der Waals surface area contributed by atoms with E-state index >= 15 is 0 Å². The lowest BCUT2D eigenvalue weighted by atomic mass is 9.95. The first-order valence-corrected chi connectivity index (χ1v) is 12.1. The van der Waals surface area contributed by atoms with Crippen molar-refractivity contribution in [2.24, 2.45) is 11.8 Å². The van der Waals surface area contributed by atoms with Gasteiger partial charge in [0.2, 0.25) is 5.91 Å². The molecule has 5 nitrogen and oxygen atoms in total. The molecule has 32 heavy (non-hydrogen) atoms. The molecule has 4 rings (SSSR count). The van der Waals surface area contributed by atoms with Crippen LogP contribution in [0, 0.1) is 11.8 Å². The summed E-state index contributed by atoms with van der Waals surface area (Å²) in [7, 11) is 0. The van der Waals surface area contributed by atoms with Crippen molar-refractivity contribution in [2.45, 2.75) is 45.1 Å². The number of halogens is 1. The van der Waals surface area contributed by atoms with E-state index in [4.69, 9.17) is 11.6 Å². The average Bonchev–Trinajstić information content (AvgIpc) is 3.32. The first kappa shape index (κ1) is 22.8. The van der Waals surface area contributed by atoms with Crippen LogP contribution in [-0.2, 0) is 11.3 Å². The van der Waals surface area contributed by atoms with Gasteiger partial charge in [-0.25, -0.2) is 0 Å². The molecule has 1 heterocycles. The summed E-state index contributed by atoms with van der Waals surface area (Å²) >= 11 is 5.90. The molecular weight excluding hydrogens is 422 g/mol. The van der Waals surface area contributed by atoms with Crippen LogP contribution >= 0.6 is 11.6 Å². The third kappa shape index (κ3) is 6.33. The zero-order chi connectivity index (χ0) is 22.3. The second kappa shape index (κ2) is 11.0. The Hall–Kier alpha value is -2.37. The number of nitrogens with one attached hydrogen (secondary N) is 2. The highest BCUT2D eigenvalue weighted by Gasteiger charge is 2.26. The van der Waals surface area contributed by atoms with Crippen molar-refractivity contribution in [3.8, 4) is 0 Å². The summed E-state index contributed by atoms with van der Waals surface area (Å²) in [5.41, 5.74) is 2.51. The summed E-state index contributed by atoms with van der Waals surface area (Å²) in [6, 6.07) is 14.8. The lowest BCUT2D eigenvalue weighted by molar-refractivity contribution is -0.126. The number of piperidine rings is 1. The maximum atomic E-state index is 12.5. The van der Waals surface area contributed by atoms with Crippen molar-refractivity contribution >= 4 is 29.1 Å². The van der Waals surface area contributed by atoms with Crippen LogP contribution in [0.25, 0.3) is 0 Å².